The summed E-state index contributed by atoms with van der Waals surface area (Å²) in [5.74, 6) is 2.84. The lowest BCUT2D eigenvalue weighted by Gasteiger charge is -2.28. The molecule has 0 unspecified atom stereocenters. The van der Waals surface area contributed by atoms with Crippen LogP contribution in [0.25, 0.3) is 0 Å². The van der Waals surface area contributed by atoms with E-state index in [0.717, 1.165) is 21.9 Å². The number of hydrogen-bond donors (Lipinski definition) is 1. The van der Waals surface area contributed by atoms with Crippen LogP contribution in [0.5, 0.6) is 5.75 Å². The quantitative estimate of drug-likeness (QED) is 0.776. The van der Waals surface area contributed by atoms with E-state index in [4.69, 9.17) is 16.3 Å². The van der Waals surface area contributed by atoms with Gasteiger partial charge in [0.1, 0.15) is 5.75 Å². The van der Waals surface area contributed by atoms with Crippen molar-refractivity contribution >= 4 is 33.4 Å². The summed E-state index contributed by atoms with van der Waals surface area (Å²) in [5, 5.41) is 3.63. The van der Waals surface area contributed by atoms with Crippen molar-refractivity contribution in [3.63, 3.8) is 0 Å². The number of carbonyl (C=O) groups excluding carboxylic acids is 1. The SMILES string of the molecule is Cc1cc(Br)cc(Cl)c1OCC(=O)N[C@H](C)[C@@H]1C[C@H]2CC[C@H]1C2. The van der Waals surface area contributed by atoms with Gasteiger partial charge in [-0.2, -0.15) is 0 Å². The number of benzene rings is 1. The molecule has 2 fully saturated rings. The van der Waals surface area contributed by atoms with Crippen LogP contribution in [0.15, 0.2) is 16.6 Å². The Bertz CT molecular complexity index is 584. The highest BCUT2D eigenvalue weighted by Crippen LogP contribution is 2.49. The highest BCUT2D eigenvalue weighted by molar-refractivity contribution is 9.10. The van der Waals surface area contributed by atoms with Gasteiger partial charge in [-0.1, -0.05) is 34.0 Å². The molecule has 3 rings (SSSR count). The Labute approximate surface area is 151 Å². The zero-order chi connectivity index (χ0) is 16.6. The summed E-state index contributed by atoms with van der Waals surface area (Å²) >= 11 is 9.58. The Hall–Kier alpha value is -0.740. The van der Waals surface area contributed by atoms with Gasteiger partial charge in [0.15, 0.2) is 6.61 Å². The molecule has 23 heavy (non-hydrogen) atoms. The van der Waals surface area contributed by atoms with Crippen molar-refractivity contribution in [1.82, 2.24) is 5.32 Å². The molecule has 1 N–H and O–H groups in total. The third kappa shape index (κ3) is 3.85. The van der Waals surface area contributed by atoms with Gasteiger partial charge in [0.05, 0.1) is 5.02 Å². The molecule has 126 valence electrons. The molecule has 0 radical (unpaired) electrons. The number of hydrogen-bond acceptors (Lipinski definition) is 2. The first kappa shape index (κ1) is 17.1. The number of fused-ring (bicyclic) bond motifs is 2. The number of amides is 1. The first-order valence-corrected chi connectivity index (χ1v) is 9.49. The lowest BCUT2D eigenvalue weighted by atomic mass is 9.84. The molecule has 0 aromatic heterocycles. The Morgan fingerprint density at radius 1 is 1.43 bits per heavy atom. The largest absolute Gasteiger partial charge is 0.482 e. The van der Waals surface area contributed by atoms with Gasteiger partial charge >= 0.3 is 0 Å². The van der Waals surface area contributed by atoms with Crippen LogP contribution in [0.2, 0.25) is 5.02 Å². The maximum absolute atomic E-state index is 12.2. The number of aryl methyl sites for hydroxylation is 1. The fourth-order valence-electron chi connectivity index (χ4n) is 4.32. The summed E-state index contributed by atoms with van der Waals surface area (Å²) in [5.41, 5.74) is 0.915. The van der Waals surface area contributed by atoms with Crippen LogP contribution < -0.4 is 10.1 Å². The number of ether oxygens (including phenoxy) is 1. The Kier molecular flexibility index (Phi) is 5.22. The molecule has 1 aromatic carbocycles. The predicted molar refractivity (Wildman–Crippen MR) is 95.9 cm³/mol. The Morgan fingerprint density at radius 2 is 2.22 bits per heavy atom. The first-order chi connectivity index (χ1) is 10.9. The molecule has 2 aliphatic rings. The van der Waals surface area contributed by atoms with E-state index < -0.39 is 0 Å². The molecule has 1 amide bonds. The third-order valence-corrected chi connectivity index (χ3v) is 6.10. The van der Waals surface area contributed by atoms with Crippen molar-refractivity contribution in [3.05, 3.63) is 27.2 Å². The van der Waals surface area contributed by atoms with Gasteiger partial charge < -0.3 is 10.1 Å². The van der Waals surface area contributed by atoms with Crippen LogP contribution in [0, 0.1) is 24.7 Å². The molecule has 2 aliphatic carbocycles. The maximum atomic E-state index is 12.2. The van der Waals surface area contributed by atoms with Gasteiger partial charge in [0.2, 0.25) is 0 Å². The van der Waals surface area contributed by atoms with Gasteiger partial charge in [-0.05, 0) is 68.6 Å². The maximum Gasteiger partial charge on any atom is 0.258 e. The molecule has 4 atom stereocenters. The fourth-order valence-corrected chi connectivity index (χ4v) is 5.34. The predicted octanol–water partition coefficient (Wildman–Crippen LogP) is 4.73. The molecule has 1 aromatic rings. The van der Waals surface area contributed by atoms with E-state index in [-0.39, 0.29) is 18.6 Å². The fraction of sp³-hybridized carbons (Fsp3) is 0.611. The van der Waals surface area contributed by atoms with Crippen molar-refractivity contribution < 1.29 is 9.53 Å². The van der Waals surface area contributed by atoms with Crippen LogP contribution in [-0.4, -0.2) is 18.6 Å². The molecule has 0 spiro atoms. The van der Waals surface area contributed by atoms with Crippen LogP contribution in [-0.2, 0) is 4.79 Å². The highest BCUT2D eigenvalue weighted by Gasteiger charge is 2.42. The molecule has 2 bridgehead atoms. The van der Waals surface area contributed by atoms with E-state index in [9.17, 15) is 4.79 Å². The number of halogens is 2. The minimum atomic E-state index is -0.0707. The summed E-state index contributed by atoms with van der Waals surface area (Å²) in [6.07, 6.45) is 5.34. The van der Waals surface area contributed by atoms with E-state index >= 15 is 0 Å². The van der Waals surface area contributed by atoms with E-state index in [1.54, 1.807) is 6.07 Å². The van der Waals surface area contributed by atoms with Crippen molar-refractivity contribution in [3.8, 4) is 5.75 Å². The second-order valence-electron chi connectivity index (χ2n) is 7.02. The lowest BCUT2D eigenvalue weighted by Crippen LogP contribution is -2.42. The van der Waals surface area contributed by atoms with E-state index in [1.165, 1.54) is 25.7 Å². The summed E-state index contributed by atoms with van der Waals surface area (Å²) in [4.78, 5) is 12.2. The second-order valence-corrected chi connectivity index (χ2v) is 8.34. The monoisotopic (exact) mass is 399 g/mol. The van der Waals surface area contributed by atoms with Crippen LogP contribution in [0.3, 0.4) is 0 Å². The van der Waals surface area contributed by atoms with Crippen molar-refractivity contribution in [2.45, 2.75) is 45.6 Å². The van der Waals surface area contributed by atoms with Gasteiger partial charge in [-0.25, -0.2) is 0 Å². The summed E-state index contributed by atoms with van der Waals surface area (Å²) in [6, 6.07) is 3.93. The normalized spacial score (nSPS) is 27.0. The van der Waals surface area contributed by atoms with Crippen LogP contribution >= 0.6 is 27.5 Å². The summed E-state index contributed by atoms with van der Waals surface area (Å²) in [7, 11) is 0. The topological polar surface area (TPSA) is 38.3 Å². The zero-order valence-electron chi connectivity index (χ0n) is 13.6. The minimum absolute atomic E-state index is 0.00729. The molecule has 0 aliphatic heterocycles. The van der Waals surface area contributed by atoms with E-state index in [1.807, 2.05) is 13.0 Å². The van der Waals surface area contributed by atoms with Gasteiger partial charge in [0, 0.05) is 10.5 Å². The number of carbonyl (C=O) groups is 1. The van der Waals surface area contributed by atoms with Gasteiger partial charge in [-0.3, -0.25) is 4.79 Å². The molecule has 3 nitrogen and oxygen atoms in total. The minimum Gasteiger partial charge on any atom is -0.482 e. The second kappa shape index (κ2) is 7.02. The van der Waals surface area contributed by atoms with Gasteiger partial charge in [0.25, 0.3) is 5.91 Å². The van der Waals surface area contributed by atoms with Crippen molar-refractivity contribution in [2.24, 2.45) is 17.8 Å². The highest BCUT2D eigenvalue weighted by atomic mass is 79.9. The van der Waals surface area contributed by atoms with Gasteiger partial charge in [-0.15, -0.1) is 0 Å². The molecule has 2 saturated carbocycles. The average Bonchev–Trinajstić information content (AvgIpc) is 3.08. The first-order valence-electron chi connectivity index (χ1n) is 8.32. The zero-order valence-corrected chi connectivity index (χ0v) is 15.9. The molecule has 0 saturated heterocycles. The Morgan fingerprint density at radius 3 is 2.83 bits per heavy atom. The summed E-state index contributed by atoms with van der Waals surface area (Å²) < 4.78 is 6.55. The van der Waals surface area contributed by atoms with E-state index in [2.05, 4.69) is 28.2 Å². The molecule has 0 heterocycles. The van der Waals surface area contributed by atoms with E-state index in [0.29, 0.717) is 16.7 Å². The molecular formula is C18H23BrClNO2. The molecular weight excluding hydrogens is 378 g/mol. The van der Waals surface area contributed by atoms with Crippen LogP contribution in [0.4, 0.5) is 0 Å². The lowest BCUT2D eigenvalue weighted by molar-refractivity contribution is -0.124. The van der Waals surface area contributed by atoms with Crippen LogP contribution in [0.1, 0.15) is 38.2 Å². The molecule has 5 heteroatoms. The number of rotatable bonds is 5. The smallest absolute Gasteiger partial charge is 0.258 e. The number of nitrogens with one attached hydrogen (secondary N) is 1. The van der Waals surface area contributed by atoms with Crippen molar-refractivity contribution in [1.29, 1.82) is 0 Å². The Balaban J connectivity index is 1.52. The average molecular weight is 401 g/mol. The standard InChI is InChI=1S/C18H23BrClNO2/c1-10-5-14(19)8-16(20)18(10)23-9-17(22)21-11(2)15-7-12-3-4-13(15)6-12/h5,8,11-13,15H,3-4,6-7,9H2,1-2H3,(H,21,22)/t11-,12+,13+,15+/m1/s1. The third-order valence-electron chi connectivity index (χ3n) is 5.37. The van der Waals surface area contributed by atoms with Crippen molar-refractivity contribution in [2.75, 3.05) is 6.61 Å². The summed E-state index contributed by atoms with van der Waals surface area (Å²) in [6.45, 7) is 4.05.